The van der Waals surface area contributed by atoms with Gasteiger partial charge in [0.2, 0.25) is 0 Å². The van der Waals surface area contributed by atoms with Gasteiger partial charge in [0, 0.05) is 13.0 Å². The van der Waals surface area contributed by atoms with Gasteiger partial charge in [-0.05, 0) is 36.2 Å². The van der Waals surface area contributed by atoms with Crippen molar-refractivity contribution in [3.63, 3.8) is 0 Å². The van der Waals surface area contributed by atoms with Crippen molar-refractivity contribution in [2.24, 2.45) is 0 Å². The van der Waals surface area contributed by atoms with Crippen LogP contribution >= 0.6 is 12.4 Å². The molecule has 0 saturated heterocycles. The largest absolute Gasteiger partial charge is 0.493 e. The maximum atomic E-state index is 5.93. The molecule has 0 aromatic heterocycles. The molecule has 0 fully saturated rings. The van der Waals surface area contributed by atoms with E-state index in [1.807, 2.05) is 12.1 Å². The lowest BCUT2D eigenvalue weighted by Gasteiger charge is -2.13. The van der Waals surface area contributed by atoms with Crippen LogP contribution in [0.5, 0.6) is 11.5 Å². The molecule has 0 aliphatic rings. The molecule has 1 N–H and O–H groups in total. The summed E-state index contributed by atoms with van der Waals surface area (Å²) in [6.07, 6.45) is 8.88. The van der Waals surface area contributed by atoms with Crippen molar-refractivity contribution in [2.45, 2.75) is 58.4 Å². The van der Waals surface area contributed by atoms with Gasteiger partial charge in [-0.25, -0.2) is 0 Å². The fraction of sp³-hybridized carbons (Fsp3) is 0.500. The van der Waals surface area contributed by atoms with Gasteiger partial charge < -0.3 is 14.8 Å². The van der Waals surface area contributed by atoms with Crippen LogP contribution in [0.15, 0.2) is 48.5 Å². The Labute approximate surface area is 177 Å². The van der Waals surface area contributed by atoms with Gasteiger partial charge in [0.1, 0.15) is 0 Å². The Kier molecular flexibility index (Phi) is 13.2. The maximum Gasteiger partial charge on any atom is 0.161 e. The van der Waals surface area contributed by atoms with Crippen molar-refractivity contribution < 1.29 is 9.47 Å². The van der Waals surface area contributed by atoms with Gasteiger partial charge in [0.25, 0.3) is 0 Å². The van der Waals surface area contributed by atoms with E-state index in [0.29, 0.717) is 6.61 Å². The predicted octanol–water partition coefficient (Wildman–Crippen LogP) is 6.19. The van der Waals surface area contributed by atoms with Crippen molar-refractivity contribution in [1.29, 1.82) is 0 Å². The number of nitrogens with one attached hydrogen (secondary N) is 1. The van der Waals surface area contributed by atoms with Crippen molar-refractivity contribution in [1.82, 2.24) is 5.32 Å². The van der Waals surface area contributed by atoms with Gasteiger partial charge in [-0.15, -0.1) is 12.4 Å². The molecule has 0 saturated carbocycles. The number of halogens is 1. The normalized spacial score (nSPS) is 10.4. The van der Waals surface area contributed by atoms with E-state index in [0.717, 1.165) is 31.0 Å². The Bertz CT molecular complexity index is 634. The van der Waals surface area contributed by atoms with Crippen LogP contribution in [0.1, 0.15) is 56.6 Å². The first-order chi connectivity index (χ1) is 13.3. The molecule has 0 spiro atoms. The fourth-order valence-electron chi connectivity index (χ4n) is 3.13. The summed E-state index contributed by atoms with van der Waals surface area (Å²) in [5.74, 6) is 1.62. The first-order valence-electron chi connectivity index (χ1n) is 10.4. The first-order valence-corrected chi connectivity index (χ1v) is 10.4. The van der Waals surface area contributed by atoms with E-state index in [2.05, 4.69) is 48.6 Å². The van der Waals surface area contributed by atoms with Gasteiger partial charge in [-0.2, -0.15) is 0 Å². The summed E-state index contributed by atoms with van der Waals surface area (Å²) in [5.41, 5.74) is 2.51. The Morgan fingerprint density at radius 2 is 1.57 bits per heavy atom. The molecule has 4 heteroatoms. The molecule has 156 valence electrons. The summed E-state index contributed by atoms with van der Waals surface area (Å²) < 4.78 is 11.4. The van der Waals surface area contributed by atoms with Crippen LogP contribution in [0.4, 0.5) is 0 Å². The van der Waals surface area contributed by atoms with Crippen molar-refractivity contribution in [3.8, 4) is 11.5 Å². The molecule has 0 heterocycles. The topological polar surface area (TPSA) is 30.5 Å². The number of hydrogen-bond acceptors (Lipinski definition) is 3. The van der Waals surface area contributed by atoms with Crippen LogP contribution in [0, 0.1) is 0 Å². The van der Waals surface area contributed by atoms with E-state index in [4.69, 9.17) is 9.47 Å². The number of methoxy groups -OCH3 is 1. The monoisotopic (exact) mass is 405 g/mol. The Hall–Kier alpha value is -1.71. The Balaban J connectivity index is 0.00000392. The van der Waals surface area contributed by atoms with E-state index < -0.39 is 0 Å². The highest BCUT2D eigenvalue weighted by atomic mass is 35.5. The summed E-state index contributed by atoms with van der Waals surface area (Å²) in [6, 6.07) is 16.6. The highest BCUT2D eigenvalue weighted by Crippen LogP contribution is 2.28. The zero-order valence-electron chi connectivity index (χ0n) is 17.4. The minimum absolute atomic E-state index is 0. The summed E-state index contributed by atoms with van der Waals surface area (Å²) >= 11 is 0. The number of unbranched alkanes of at least 4 members (excludes halogenated alkanes) is 5. The SMILES string of the molecule is CCCCCCCCNCc1ccc(OCCc2ccccc2)c(OC)c1.Cl. The summed E-state index contributed by atoms with van der Waals surface area (Å²) in [6.45, 7) is 4.85. The van der Waals surface area contributed by atoms with Crippen molar-refractivity contribution in [3.05, 3.63) is 59.7 Å². The molecule has 0 aliphatic heterocycles. The lowest BCUT2D eigenvalue weighted by atomic mass is 10.1. The molecule has 2 aromatic carbocycles. The Morgan fingerprint density at radius 1 is 0.821 bits per heavy atom. The van der Waals surface area contributed by atoms with E-state index in [9.17, 15) is 0 Å². The Morgan fingerprint density at radius 3 is 2.32 bits per heavy atom. The zero-order chi connectivity index (χ0) is 19.2. The summed E-state index contributed by atoms with van der Waals surface area (Å²) in [7, 11) is 1.70. The molecular formula is C24H36ClNO2. The van der Waals surface area contributed by atoms with Crippen LogP contribution in [-0.4, -0.2) is 20.3 Å². The molecule has 0 unspecified atom stereocenters. The third kappa shape index (κ3) is 9.48. The second-order valence-corrected chi connectivity index (χ2v) is 7.01. The smallest absolute Gasteiger partial charge is 0.161 e. The second-order valence-electron chi connectivity index (χ2n) is 7.01. The summed E-state index contributed by atoms with van der Waals surface area (Å²) in [4.78, 5) is 0. The van der Waals surface area contributed by atoms with Crippen LogP contribution in [0.2, 0.25) is 0 Å². The van der Waals surface area contributed by atoms with Crippen LogP contribution in [0.3, 0.4) is 0 Å². The van der Waals surface area contributed by atoms with E-state index in [-0.39, 0.29) is 12.4 Å². The van der Waals surface area contributed by atoms with E-state index in [1.165, 1.54) is 49.7 Å². The minimum Gasteiger partial charge on any atom is -0.493 e. The molecule has 0 radical (unpaired) electrons. The molecular weight excluding hydrogens is 370 g/mol. The van der Waals surface area contributed by atoms with Crippen molar-refractivity contribution >= 4 is 12.4 Å². The molecule has 0 aliphatic carbocycles. The summed E-state index contributed by atoms with van der Waals surface area (Å²) in [5, 5.41) is 3.53. The third-order valence-electron chi connectivity index (χ3n) is 4.76. The first kappa shape index (κ1) is 24.3. The molecule has 3 nitrogen and oxygen atoms in total. The van der Waals surface area contributed by atoms with Gasteiger partial charge in [0.05, 0.1) is 13.7 Å². The van der Waals surface area contributed by atoms with E-state index >= 15 is 0 Å². The van der Waals surface area contributed by atoms with Gasteiger partial charge in [-0.1, -0.05) is 75.4 Å². The molecule has 2 aromatic rings. The second kappa shape index (κ2) is 15.2. The van der Waals surface area contributed by atoms with Crippen LogP contribution in [0.25, 0.3) is 0 Å². The highest BCUT2D eigenvalue weighted by molar-refractivity contribution is 5.85. The maximum absolute atomic E-state index is 5.93. The third-order valence-corrected chi connectivity index (χ3v) is 4.76. The predicted molar refractivity (Wildman–Crippen MR) is 121 cm³/mol. The standard InChI is InChI=1S/C24H35NO2.ClH/c1-3-4-5-6-7-11-17-25-20-22-14-15-23(24(19-22)26-2)27-18-16-21-12-9-8-10-13-21;/h8-10,12-15,19,25H,3-7,11,16-18,20H2,1-2H3;1H. The fourth-order valence-corrected chi connectivity index (χ4v) is 3.13. The molecule has 2 rings (SSSR count). The molecule has 0 atom stereocenters. The van der Waals surface area contributed by atoms with Gasteiger partial charge in [-0.3, -0.25) is 0 Å². The molecule has 0 bridgehead atoms. The number of ether oxygens (including phenoxy) is 2. The lowest BCUT2D eigenvalue weighted by molar-refractivity contribution is 0.297. The van der Waals surface area contributed by atoms with E-state index in [1.54, 1.807) is 7.11 Å². The highest BCUT2D eigenvalue weighted by Gasteiger charge is 2.06. The van der Waals surface area contributed by atoms with Gasteiger partial charge >= 0.3 is 0 Å². The quantitative estimate of drug-likeness (QED) is 0.380. The minimum atomic E-state index is 0. The number of rotatable bonds is 14. The number of hydrogen-bond donors (Lipinski definition) is 1. The number of benzene rings is 2. The van der Waals surface area contributed by atoms with Gasteiger partial charge in [0.15, 0.2) is 11.5 Å². The van der Waals surface area contributed by atoms with Crippen LogP contribution < -0.4 is 14.8 Å². The average molecular weight is 406 g/mol. The van der Waals surface area contributed by atoms with Crippen LogP contribution in [-0.2, 0) is 13.0 Å². The zero-order valence-corrected chi connectivity index (χ0v) is 18.2. The van der Waals surface area contributed by atoms with Crippen molar-refractivity contribution in [2.75, 3.05) is 20.3 Å². The average Bonchev–Trinajstić information content (AvgIpc) is 2.71. The molecule has 28 heavy (non-hydrogen) atoms. The lowest BCUT2D eigenvalue weighted by Crippen LogP contribution is -2.14. The molecule has 0 amide bonds.